The Morgan fingerprint density at radius 1 is 1.00 bits per heavy atom. The number of aliphatic hydroxyl groups is 4. The number of hydrogen-bond acceptors (Lipinski definition) is 6. The van der Waals surface area contributed by atoms with Crippen LogP contribution in [-0.4, -0.2) is 57.7 Å². The minimum atomic E-state index is -1.49. The van der Waals surface area contributed by atoms with Gasteiger partial charge in [0.25, 0.3) is 0 Å². The maximum atomic E-state index is 9.20. The Morgan fingerprint density at radius 3 is 2.08 bits per heavy atom. The van der Waals surface area contributed by atoms with Gasteiger partial charge in [0.2, 0.25) is 0 Å². The fourth-order valence-electron chi connectivity index (χ4n) is 1.13. The molecular formula is C6H13NO5. The van der Waals surface area contributed by atoms with E-state index in [1.807, 2.05) is 0 Å². The smallest absolute Gasteiger partial charge is 0.184 e. The summed E-state index contributed by atoms with van der Waals surface area (Å²) in [4.78, 5) is 0. The molecule has 0 aliphatic carbocycles. The van der Waals surface area contributed by atoms with Crippen LogP contribution in [0.4, 0.5) is 0 Å². The van der Waals surface area contributed by atoms with E-state index in [0.717, 1.165) is 0 Å². The highest BCUT2D eigenvalue weighted by Gasteiger charge is 2.42. The molecule has 5 atom stereocenters. The largest absolute Gasteiger partial charge is 0.388 e. The summed E-state index contributed by atoms with van der Waals surface area (Å²) in [5.74, 6) is 0. The van der Waals surface area contributed by atoms with Crippen molar-refractivity contribution >= 4 is 0 Å². The van der Waals surface area contributed by atoms with Gasteiger partial charge in [-0.2, -0.15) is 0 Å². The lowest BCUT2D eigenvalue weighted by Crippen LogP contribution is -2.59. The highest BCUT2D eigenvalue weighted by molar-refractivity contribution is 4.88. The van der Waals surface area contributed by atoms with Crippen molar-refractivity contribution in [3.05, 3.63) is 0 Å². The summed E-state index contributed by atoms with van der Waals surface area (Å²) in [5, 5.41) is 36.3. The SMILES string of the molecule is NC[C@H]1O[C@H](O)[C@@H](O)[C@@H](O)[C@@H]1O. The number of aliphatic hydroxyl groups excluding tert-OH is 4. The topological polar surface area (TPSA) is 116 Å². The van der Waals surface area contributed by atoms with E-state index in [1.54, 1.807) is 0 Å². The molecule has 0 saturated carbocycles. The molecule has 1 heterocycles. The van der Waals surface area contributed by atoms with Gasteiger partial charge in [-0.05, 0) is 0 Å². The van der Waals surface area contributed by atoms with Crippen molar-refractivity contribution in [2.24, 2.45) is 5.73 Å². The zero-order valence-corrected chi connectivity index (χ0v) is 6.37. The third-order valence-corrected chi connectivity index (χ3v) is 1.92. The first kappa shape index (κ1) is 9.85. The monoisotopic (exact) mass is 179 g/mol. The molecule has 0 amide bonds. The van der Waals surface area contributed by atoms with Gasteiger partial charge in [0, 0.05) is 6.54 Å². The van der Waals surface area contributed by atoms with Crippen molar-refractivity contribution < 1.29 is 25.2 Å². The highest BCUT2D eigenvalue weighted by Crippen LogP contribution is 2.18. The molecule has 6 nitrogen and oxygen atoms in total. The average Bonchev–Trinajstić information content (AvgIpc) is 2.08. The van der Waals surface area contributed by atoms with E-state index in [9.17, 15) is 5.11 Å². The molecule has 0 unspecified atom stereocenters. The Balaban J connectivity index is 2.63. The van der Waals surface area contributed by atoms with E-state index >= 15 is 0 Å². The highest BCUT2D eigenvalue weighted by atomic mass is 16.6. The van der Waals surface area contributed by atoms with Gasteiger partial charge in [-0.15, -0.1) is 0 Å². The molecule has 0 bridgehead atoms. The van der Waals surface area contributed by atoms with Gasteiger partial charge < -0.3 is 30.9 Å². The van der Waals surface area contributed by atoms with E-state index in [1.165, 1.54) is 0 Å². The molecule has 1 saturated heterocycles. The molecule has 6 heteroatoms. The quantitative estimate of drug-likeness (QED) is 0.288. The van der Waals surface area contributed by atoms with Crippen LogP contribution in [0.25, 0.3) is 0 Å². The minimum Gasteiger partial charge on any atom is -0.388 e. The lowest BCUT2D eigenvalue weighted by atomic mass is 9.99. The second kappa shape index (κ2) is 3.65. The Hall–Kier alpha value is -0.240. The summed E-state index contributed by atoms with van der Waals surface area (Å²) in [5.41, 5.74) is 5.17. The molecule has 1 aliphatic rings. The Bertz CT molecular complexity index is 150. The van der Waals surface area contributed by atoms with E-state index in [-0.39, 0.29) is 6.54 Å². The van der Waals surface area contributed by atoms with Gasteiger partial charge in [-0.1, -0.05) is 0 Å². The first-order valence-corrected chi connectivity index (χ1v) is 3.65. The molecule has 12 heavy (non-hydrogen) atoms. The third-order valence-electron chi connectivity index (χ3n) is 1.92. The zero-order chi connectivity index (χ0) is 9.30. The van der Waals surface area contributed by atoms with Gasteiger partial charge in [0.1, 0.15) is 24.4 Å². The normalized spacial score (nSPS) is 49.2. The van der Waals surface area contributed by atoms with Gasteiger partial charge in [0.05, 0.1) is 0 Å². The van der Waals surface area contributed by atoms with Gasteiger partial charge in [0.15, 0.2) is 6.29 Å². The van der Waals surface area contributed by atoms with E-state index < -0.39 is 30.7 Å². The molecule has 0 spiro atoms. The van der Waals surface area contributed by atoms with Gasteiger partial charge >= 0.3 is 0 Å². The van der Waals surface area contributed by atoms with Crippen LogP contribution < -0.4 is 5.73 Å². The lowest BCUT2D eigenvalue weighted by molar-refractivity contribution is -0.279. The first-order valence-electron chi connectivity index (χ1n) is 3.65. The zero-order valence-electron chi connectivity index (χ0n) is 6.37. The van der Waals surface area contributed by atoms with Crippen LogP contribution >= 0.6 is 0 Å². The molecule has 1 aliphatic heterocycles. The van der Waals surface area contributed by atoms with Crippen LogP contribution in [-0.2, 0) is 4.74 Å². The average molecular weight is 179 g/mol. The summed E-state index contributed by atoms with van der Waals surface area (Å²) < 4.78 is 4.70. The number of ether oxygens (including phenoxy) is 1. The summed E-state index contributed by atoms with van der Waals surface area (Å²) >= 11 is 0. The summed E-state index contributed by atoms with van der Waals surface area (Å²) in [6.07, 6.45) is -6.48. The van der Waals surface area contributed by atoms with Crippen molar-refractivity contribution in [3.63, 3.8) is 0 Å². The standard InChI is InChI=1S/C6H13NO5/c7-1-2-3(8)4(9)5(10)6(11)12-2/h2-6,8-11H,1,7H2/t2-,3-,4+,5+,6+/m1/s1. The molecule has 0 aromatic carbocycles. The fourth-order valence-corrected chi connectivity index (χ4v) is 1.13. The maximum Gasteiger partial charge on any atom is 0.184 e. The Labute approximate surface area is 69.2 Å². The molecule has 1 rings (SSSR count). The van der Waals surface area contributed by atoms with Crippen LogP contribution in [0.5, 0.6) is 0 Å². The lowest BCUT2D eigenvalue weighted by Gasteiger charge is -2.37. The second-order valence-corrected chi connectivity index (χ2v) is 2.77. The maximum absolute atomic E-state index is 9.20. The molecule has 0 aromatic heterocycles. The molecule has 72 valence electrons. The summed E-state index contributed by atoms with van der Waals surface area (Å²) in [6.45, 7) is -0.0258. The van der Waals surface area contributed by atoms with Crippen molar-refractivity contribution in [1.82, 2.24) is 0 Å². The van der Waals surface area contributed by atoms with Gasteiger partial charge in [-0.3, -0.25) is 0 Å². The van der Waals surface area contributed by atoms with Crippen LogP contribution in [0.2, 0.25) is 0 Å². The van der Waals surface area contributed by atoms with Crippen LogP contribution in [0, 0.1) is 0 Å². The summed E-state index contributed by atoms with van der Waals surface area (Å²) in [7, 11) is 0. The van der Waals surface area contributed by atoms with Crippen LogP contribution in [0.3, 0.4) is 0 Å². The van der Waals surface area contributed by atoms with Crippen molar-refractivity contribution in [3.8, 4) is 0 Å². The Morgan fingerprint density at radius 2 is 1.58 bits per heavy atom. The van der Waals surface area contributed by atoms with Crippen molar-refractivity contribution in [2.45, 2.75) is 30.7 Å². The molecule has 1 fully saturated rings. The third kappa shape index (κ3) is 1.58. The van der Waals surface area contributed by atoms with Crippen LogP contribution in [0.1, 0.15) is 0 Å². The molecular weight excluding hydrogens is 166 g/mol. The minimum absolute atomic E-state index is 0.0258. The molecule has 0 radical (unpaired) electrons. The van der Waals surface area contributed by atoms with Crippen molar-refractivity contribution in [2.75, 3.05) is 6.54 Å². The second-order valence-electron chi connectivity index (χ2n) is 2.77. The number of rotatable bonds is 1. The predicted molar refractivity (Wildman–Crippen MR) is 38.0 cm³/mol. The number of nitrogens with two attached hydrogens (primary N) is 1. The first-order chi connectivity index (χ1) is 5.57. The van der Waals surface area contributed by atoms with E-state index in [4.69, 9.17) is 25.8 Å². The van der Waals surface area contributed by atoms with Crippen LogP contribution in [0.15, 0.2) is 0 Å². The Kier molecular flexibility index (Phi) is 2.99. The van der Waals surface area contributed by atoms with Crippen molar-refractivity contribution in [1.29, 1.82) is 0 Å². The summed E-state index contributed by atoms with van der Waals surface area (Å²) in [6, 6.07) is 0. The number of hydrogen-bond donors (Lipinski definition) is 5. The molecule has 0 aromatic rings. The van der Waals surface area contributed by atoms with E-state index in [0.29, 0.717) is 0 Å². The predicted octanol–water partition coefficient (Wildman–Crippen LogP) is -3.25. The van der Waals surface area contributed by atoms with E-state index in [2.05, 4.69) is 0 Å². The fraction of sp³-hybridized carbons (Fsp3) is 1.00. The van der Waals surface area contributed by atoms with Gasteiger partial charge in [-0.25, -0.2) is 0 Å². The molecule has 6 N–H and O–H groups in total.